The summed E-state index contributed by atoms with van der Waals surface area (Å²) in [6.45, 7) is 4.90. The average molecular weight is 395 g/mol. The second-order valence-corrected chi connectivity index (χ2v) is 7.11. The van der Waals surface area contributed by atoms with Gasteiger partial charge in [0.05, 0.1) is 22.6 Å². The molecule has 0 fully saturated rings. The molecule has 2 N–H and O–H groups in total. The van der Waals surface area contributed by atoms with Gasteiger partial charge >= 0.3 is 0 Å². The lowest BCUT2D eigenvalue weighted by Gasteiger charge is -2.14. The Kier molecular flexibility index (Phi) is 4.56. The summed E-state index contributed by atoms with van der Waals surface area (Å²) >= 11 is 12.1. The van der Waals surface area contributed by atoms with Crippen molar-refractivity contribution in [2.75, 3.05) is 0 Å². The lowest BCUT2D eigenvalue weighted by atomic mass is 10.1. The van der Waals surface area contributed by atoms with Crippen LogP contribution in [0.15, 0.2) is 35.4 Å². The summed E-state index contributed by atoms with van der Waals surface area (Å²) in [5.41, 5.74) is -0.425. The summed E-state index contributed by atoms with van der Waals surface area (Å²) in [6.07, 6.45) is 3.04. The number of nitrogens with zero attached hydrogens (tertiary/aromatic N) is 4. The molecule has 3 aromatic heterocycles. The van der Waals surface area contributed by atoms with Crippen LogP contribution in [-0.4, -0.2) is 29.5 Å². The Bertz CT molecular complexity index is 1050. The van der Waals surface area contributed by atoms with Gasteiger partial charge in [-0.15, -0.1) is 0 Å². The Morgan fingerprint density at radius 1 is 1.23 bits per heavy atom. The van der Waals surface area contributed by atoms with Crippen molar-refractivity contribution in [1.82, 2.24) is 19.3 Å². The van der Waals surface area contributed by atoms with E-state index in [2.05, 4.69) is 10.1 Å². The maximum atomic E-state index is 12.5. The van der Waals surface area contributed by atoms with E-state index < -0.39 is 11.2 Å². The molecule has 3 rings (SSSR count). The second-order valence-electron chi connectivity index (χ2n) is 6.32. The topological polar surface area (TPSA) is 93.2 Å². The second kappa shape index (κ2) is 6.42. The maximum Gasteiger partial charge on any atom is 0.277 e. The summed E-state index contributed by atoms with van der Waals surface area (Å²) in [4.78, 5) is 16.7. The highest BCUT2D eigenvalue weighted by Crippen LogP contribution is 2.26. The predicted octanol–water partition coefficient (Wildman–Crippen LogP) is 2.97. The molecule has 0 spiro atoms. The normalized spacial score (nSPS) is 11.8. The molecule has 3 heterocycles. The van der Waals surface area contributed by atoms with Crippen molar-refractivity contribution in [3.63, 3.8) is 0 Å². The molecule has 0 atom stereocenters. The highest BCUT2D eigenvalue weighted by molar-refractivity contribution is 6.32. The van der Waals surface area contributed by atoms with Crippen molar-refractivity contribution in [1.29, 1.82) is 0 Å². The smallest absolute Gasteiger partial charge is 0.277 e. The van der Waals surface area contributed by atoms with Gasteiger partial charge in [-0.25, -0.2) is 9.67 Å². The van der Waals surface area contributed by atoms with E-state index in [1.54, 1.807) is 39.1 Å². The predicted molar refractivity (Wildman–Crippen MR) is 98.6 cm³/mol. The Morgan fingerprint density at radius 2 is 1.92 bits per heavy atom. The highest BCUT2D eigenvalue weighted by atomic mass is 35.5. The largest absolute Gasteiger partial charge is 0.506 e. The molecular formula is C17H16Cl2N4O3. The third kappa shape index (κ3) is 3.21. The van der Waals surface area contributed by atoms with Crippen molar-refractivity contribution in [2.24, 2.45) is 0 Å². The zero-order chi connectivity index (χ0) is 19.2. The van der Waals surface area contributed by atoms with Crippen LogP contribution in [-0.2, 0) is 5.60 Å². The number of aryl methyl sites for hydroxylation is 1. The monoisotopic (exact) mass is 394 g/mol. The molecule has 0 amide bonds. The molecule has 26 heavy (non-hydrogen) atoms. The number of aromatic nitrogens is 4. The minimum Gasteiger partial charge on any atom is -0.506 e. The van der Waals surface area contributed by atoms with Crippen molar-refractivity contribution >= 4 is 23.2 Å². The van der Waals surface area contributed by atoms with Crippen LogP contribution in [0, 0.1) is 6.92 Å². The van der Waals surface area contributed by atoms with E-state index in [9.17, 15) is 15.0 Å². The van der Waals surface area contributed by atoms with Gasteiger partial charge in [0, 0.05) is 24.0 Å². The van der Waals surface area contributed by atoms with Gasteiger partial charge in [0.2, 0.25) is 0 Å². The first-order valence-corrected chi connectivity index (χ1v) is 8.41. The molecule has 0 radical (unpaired) electrons. The van der Waals surface area contributed by atoms with Crippen LogP contribution < -0.4 is 5.56 Å². The minimum atomic E-state index is -1.10. The van der Waals surface area contributed by atoms with Crippen LogP contribution in [0.1, 0.15) is 25.2 Å². The molecule has 0 aromatic carbocycles. The molecule has 0 aliphatic carbocycles. The number of aromatic hydroxyl groups is 1. The highest BCUT2D eigenvalue weighted by Gasteiger charge is 2.20. The first-order valence-electron chi connectivity index (χ1n) is 7.65. The van der Waals surface area contributed by atoms with Gasteiger partial charge in [-0.05, 0) is 26.8 Å². The van der Waals surface area contributed by atoms with Gasteiger partial charge in [0.1, 0.15) is 16.4 Å². The van der Waals surface area contributed by atoms with E-state index >= 15 is 0 Å². The van der Waals surface area contributed by atoms with E-state index in [-0.39, 0.29) is 15.8 Å². The Balaban J connectivity index is 2.18. The molecule has 0 saturated carbocycles. The van der Waals surface area contributed by atoms with Crippen LogP contribution in [0.5, 0.6) is 5.75 Å². The van der Waals surface area contributed by atoms with Crippen LogP contribution >= 0.6 is 23.2 Å². The van der Waals surface area contributed by atoms with E-state index in [0.717, 1.165) is 0 Å². The van der Waals surface area contributed by atoms with Gasteiger partial charge < -0.3 is 10.2 Å². The third-order valence-corrected chi connectivity index (χ3v) is 4.47. The Hall–Kier alpha value is -2.35. The first-order chi connectivity index (χ1) is 12.1. The minimum absolute atomic E-state index is 0.232. The van der Waals surface area contributed by atoms with E-state index in [4.69, 9.17) is 23.2 Å². The summed E-state index contributed by atoms with van der Waals surface area (Å²) in [5.74, 6) is 0.105. The van der Waals surface area contributed by atoms with Gasteiger partial charge in [0.15, 0.2) is 5.82 Å². The van der Waals surface area contributed by atoms with Crippen LogP contribution in [0.4, 0.5) is 0 Å². The van der Waals surface area contributed by atoms with E-state index in [1.165, 1.54) is 21.5 Å². The Labute approximate surface area is 159 Å². The lowest BCUT2D eigenvalue weighted by Crippen LogP contribution is -2.21. The van der Waals surface area contributed by atoms with Crippen LogP contribution in [0.25, 0.3) is 11.5 Å². The van der Waals surface area contributed by atoms with Gasteiger partial charge in [-0.2, -0.15) is 5.10 Å². The van der Waals surface area contributed by atoms with Gasteiger partial charge in [0.25, 0.3) is 5.56 Å². The fourth-order valence-corrected chi connectivity index (χ4v) is 2.81. The average Bonchev–Trinajstić information content (AvgIpc) is 3.05. The van der Waals surface area contributed by atoms with Gasteiger partial charge in [-0.1, -0.05) is 23.2 Å². The third-order valence-electron chi connectivity index (χ3n) is 3.83. The number of aliphatic hydroxyl groups is 1. The quantitative estimate of drug-likeness (QED) is 0.711. The van der Waals surface area contributed by atoms with Crippen molar-refractivity contribution in [3.8, 4) is 17.3 Å². The van der Waals surface area contributed by atoms with Crippen molar-refractivity contribution < 1.29 is 10.2 Å². The van der Waals surface area contributed by atoms with E-state index in [0.29, 0.717) is 22.9 Å². The number of halogens is 2. The van der Waals surface area contributed by atoms with Gasteiger partial charge in [-0.3, -0.25) is 9.36 Å². The fourth-order valence-electron chi connectivity index (χ4n) is 2.48. The van der Waals surface area contributed by atoms with Crippen molar-refractivity contribution in [3.05, 3.63) is 62.4 Å². The molecule has 0 aliphatic heterocycles. The number of rotatable bonds is 3. The zero-order valence-corrected chi connectivity index (χ0v) is 15.7. The molecule has 7 nitrogen and oxygen atoms in total. The first kappa shape index (κ1) is 18.4. The standard InChI is InChI=1S/C17H16Cl2N4O3/c1-9-6-12(24)15(19)16(25)23(9)11-7-14(20-8-10(11)18)22-5-4-13(21-22)17(2,3)26/h4-8,24,26H,1-3H3. The molecule has 136 valence electrons. The maximum absolute atomic E-state index is 12.5. The molecule has 0 bridgehead atoms. The van der Waals surface area contributed by atoms with Crippen molar-refractivity contribution in [2.45, 2.75) is 26.4 Å². The molecule has 0 unspecified atom stereocenters. The molecule has 0 saturated heterocycles. The summed E-state index contributed by atoms with van der Waals surface area (Å²) in [5, 5.41) is 24.0. The molecule has 9 heteroatoms. The molecular weight excluding hydrogens is 379 g/mol. The Morgan fingerprint density at radius 3 is 2.54 bits per heavy atom. The summed E-state index contributed by atoms with van der Waals surface area (Å²) in [7, 11) is 0. The number of hydrogen-bond acceptors (Lipinski definition) is 5. The number of hydrogen-bond donors (Lipinski definition) is 2. The number of pyridine rings is 2. The SMILES string of the molecule is Cc1cc(O)c(Cl)c(=O)n1-c1cc(-n2ccc(C(C)(C)O)n2)ncc1Cl. The molecule has 0 aliphatic rings. The van der Waals surface area contributed by atoms with Crippen LogP contribution in [0.2, 0.25) is 10.0 Å². The summed E-state index contributed by atoms with van der Waals surface area (Å²) in [6, 6.07) is 4.62. The fraction of sp³-hybridized carbons (Fsp3) is 0.235. The molecule has 3 aromatic rings. The zero-order valence-electron chi connectivity index (χ0n) is 14.2. The lowest BCUT2D eigenvalue weighted by molar-refractivity contribution is 0.0734. The van der Waals surface area contributed by atoms with Crippen LogP contribution in [0.3, 0.4) is 0 Å². The van der Waals surface area contributed by atoms with E-state index in [1.807, 2.05) is 0 Å². The summed E-state index contributed by atoms with van der Waals surface area (Å²) < 4.78 is 2.76.